The Morgan fingerprint density at radius 2 is 1.75 bits per heavy atom. The molecule has 2 aromatic rings. The van der Waals surface area contributed by atoms with Gasteiger partial charge in [-0.15, -0.1) is 11.8 Å². The predicted molar refractivity (Wildman–Crippen MR) is 84.4 cm³/mol. The molecule has 0 saturated carbocycles. The van der Waals surface area contributed by atoms with E-state index in [1.54, 1.807) is 11.8 Å². The summed E-state index contributed by atoms with van der Waals surface area (Å²) in [5.74, 6) is 1.41. The normalized spacial score (nSPS) is 12.1. The van der Waals surface area contributed by atoms with Crippen LogP contribution in [0.15, 0.2) is 59.5 Å². The number of hydrogen-bond donors (Lipinski definition) is 1. The molecule has 20 heavy (non-hydrogen) atoms. The van der Waals surface area contributed by atoms with Gasteiger partial charge in [-0.2, -0.15) is 0 Å². The van der Waals surface area contributed by atoms with Crippen LogP contribution in [0.3, 0.4) is 0 Å². The molecular formula is C17H20O2S. The van der Waals surface area contributed by atoms with Crippen molar-refractivity contribution in [3.63, 3.8) is 0 Å². The maximum atomic E-state index is 10.4. The van der Waals surface area contributed by atoms with Crippen LogP contribution in [0, 0.1) is 0 Å². The number of aliphatic hydroxyl groups excluding tert-OH is 1. The Morgan fingerprint density at radius 3 is 2.50 bits per heavy atom. The van der Waals surface area contributed by atoms with Gasteiger partial charge in [-0.1, -0.05) is 43.3 Å². The summed E-state index contributed by atoms with van der Waals surface area (Å²) in [6.45, 7) is 2.75. The Hall–Kier alpha value is -1.45. The minimum atomic E-state index is -0.520. The van der Waals surface area contributed by atoms with E-state index >= 15 is 0 Å². The van der Waals surface area contributed by atoms with Crippen molar-refractivity contribution in [3.05, 3.63) is 60.2 Å². The van der Waals surface area contributed by atoms with E-state index in [2.05, 4.69) is 19.1 Å². The summed E-state index contributed by atoms with van der Waals surface area (Å²) in [5.41, 5.74) is 0.865. The van der Waals surface area contributed by atoms with Crippen molar-refractivity contribution in [2.75, 3.05) is 12.4 Å². The van der Waals surface area contributed by atoms with Crippen molar-refractivity contribution in [3.8, 4) is 5.75 Å². The summed E-state index contributed by atoms with van der Waals surface area (Å²) in [4.78, 5) is 1.17. The summed E-state index contributed by atoms with van der Waals surface area (Å²) >= 11 is 1.65. The largest absolute Gasteiger partial charge is 0.493 e. The van der Waals surface area contributed by atoms with Crippen LogP contribution >= 0.6 is 11.8 Å². The van der Waals surface area contributed by atoms with Gasteiger partial charge in [0, 0.05) is 16.2 Å². The molecule has 0 radical (unpaired) electrons. The van der Waals surface area contributed by atoms with Crippen molar-refractivity contribution < 1.29 is 9.84 Å². The average Bonchev–Trinajstić information content (AvgIpc) is 2.52. The Morgan fingerprint density at radius 1 is 1.05 bits per heavy atom. The number of rotatable bonds is 7. The monoisotopic (exact) mass is 288 g/mol. The van der Waals surface area contributed by atoms with E-state index in [0.29, 0.717) is 12.4 Å². The number of para-hydroxylation sites is 1. The molecule has 0 fully saturated rings. The fourth-order valence-corrected chi connectivity index (χ4v) is 2.76. The molecule has 0 amide bonds. The minimum Gasteiger partial charge on any atom is -0.493 e. The van der Waals surface area contributed by atoms with Gasteiger partial charge in [0.15, 0.2) is 0 Å². The summed E-state index contributed by atoms with van der Waals surface area (Å²) in [6, 6.07) is 17.8. The zero-order chi connectivity index (χ0) is 14.2. The highest BCUT2D eigenvalue weighted by Gasteiger charge is 2.13. The maximum absolute atomic E-state index is 10.4. The van der Waals surface area contributed by atoms with E-state index in [9.17, 15) is 5.11 Å². The van der Waals surface area contributed by atoms with Gasteiger partial charge < -0.3 is 9.84 Å². The first-order chi connectivity index (χ1) is 9.81. The lowest BCUT2D eigenvalue weighted by molar-refractivity contribution is 0.195. The molecule has 0 bridgehead atoms. The van der Waals surface area contributed by atoms with Crippen molar-refractivity contribution >= 4 is 11.8 Å². The standard InChI is InChI=1S/C17H20O2S/c1-2-12-19-17-11-7-6-10-15(17)16(18)13-20-14-8-4-3-5-9-14/h3-11,16,18H,2,12-13H2,1H3. The van der Waals surface area contributed by atoms with Gasteiger partial charge in [-0.05, 0) is 24.6 Å². The fourth-order valence-electron chi connectivity index (χ4n) is 1.88. The predicted octanol–water partition coefficient (Wildman–Crippen LogP) is 4.30. The second-order valence-electron chi connectivity index (χ2n) is 4.53. The first kappa shape index (κ1) is 14.9. The second-order valence-corrected chi connectivity index (χ2v) is 5.62. The smallest absolute Gasteiger partial charge is 0.125 e. The molecule has 0 aliphatic heterocycles. The third-order valence-corrected chi connectivity index (χ3v) is 3.98. The van der Waals surface area contributed by atoms with E-state index < -0.39 is 6.10 Å². The average molecular weight is 288 g/mol. The lowest BCUT2D eigenvalue weighted by Gasteiger charge is -2.15. The Labute approximate surface area is 124 Å². The van der Waals surface area contributed by atoms with Gasteiger partial charge in [0.05, 0.1) is 12.7 Å². The van der Waals surface area contributed by atoms with Gasteiger partial charge in [0.25, 0.3) is 0 Å². The lowest BCUT2D eigenvalue weighted by Crippen LogP contribution is -2.05. The molecule has 106 valence electrons. The van der Waals surface area contributed by atoms with Crippen molar-refractivity contribution in [2.24, 2.45) is 0 Å². The summed E-state index contributed by atoms with van der Waals surface area (Å²) in [5, 5.41) is 10.4. The number of thioether (sulfide) groups is 1. The van der Waals surface area contributed by atoms with Gasteiger partial charge >= 0.3 is 0 Å². The van der Waals surface area contributed by atoms with Gasteiger partial charge in [0.2, 0.25) is 0 Å². The Kier molecular flexibility index (Phi) is 5.96. The van der Waals surface area contributed by atoms with Crippen LogP contribution < -0.4 is 4.74 Å². The van der Waals surface area contributed by atoms with Gasteiger partial charge in [0.1, 0.15) is 5.75 Å². The Balaban J connectivity index is 1.99. The molecule has 0 saturated heterocycles. The van der Waals surface area contributed by atoms with Crippen molar-refractivity contribution in [1.29, 1.82) is 0 Å². The minimum absolute atomic E-state index is 0.520. The highest BCUT2D eigenvalue weighted by Crippen LogP contribution is 2.30. The molecule has 1 N–H and O–H groups in total. The molecule has 0 aromatic heterocycles. The van der Waals surface area contributed by atoms with Gasteiger partial charge in [-0.3, -0.25) is 0 Å². The van der Waals surface area contributed by atoms with Gasteiger partial charge in [-0.25, -0.2) is 0 Å². The summed E-state index contributed by atoms with van der Waals surface area (Å²) in [6.07, 6.45) is 0.441. The van der Waals surface area contributed by atoms with Crippen LogP contribution in [0.2, 0.25) is 0 Å². The van der Waals surface area contributed by atoms with Crippen LogP contribution in [0.4, 0.5) is 0 Å². The number of benzene rings is 2. The molecule has 0 aliphatic carbocycles. The topological polar surface area (TPSA) is 29.5 Å². The van der Waals surface area contributed by atoms with Crippen LogP contribution in [0.5, 0.6) is 5.75 Å². The van der Waals surface area contributed by atoms with Crippen LogP contribution in [0.1, 0.15) is 25.0 Å². The molecule has 2 nitrogen and oxygen atoms in total. The number of ether oxygens (including phenoxy) is 1. The third-order valence-electron chi connectivity index (χ3n) is 2.89. The molecule has 2 aromatic carbocycles. The fraction of sp³-hybridized carbons (Fsp3) is 0.294. The second kappa shape index (κ2) is 7.98. The third kappa shape index (κ3) is 4.29. The van der Waals surface area contributed by atoms with Crippen LogP contribution in [0.25, 0.3) is 0 Å². The van der Waals surface area contributed by atoms with E-state index in [4.69, 9.17) is 4.74 Å². The van der Waals surface area contributed by atoms with Crippen molar-refractivity contribution in [1.82, 2.24) is 0 Å². The van der Waals surface area contributed by atoms with E-state index in [-0.39, 0.29) is 0 Å². The highest BCUT2D eigenvalue weighted by atomic mass is 32.2. The maximum Gasteiger partial charge on any atom is 0.125 e. The molecule has 1 unspecified atom stereocenters. The zero-order valence-corrected chi connectivity index (χ0v) is 12.5. The quantitative estimate of drug-likeness (QED) is 0.770. The van der Waals surface area contributed by atoms with Crippen molar-refractivity contribution in [2.45, 2.75) is 24.3 Å². The van der Waals surface area contributed by atoms with Crippen LogP contribution in [-0.2, 0) is 0 Å². The van der Waals surface area contributed by atoms with E-state index in [1.807, 2.05) is 42.5 Å². The zero-order valence-electron chi connectivity index (χ0n) is 11.7. The first-order valence-electron chi connectivity index (χ1n) is 6.89. The molecule has 0 aliphatic rings. The first-order valence-corrected chi connectivity index (χ1v) is 7.87. The molecule has 0 spiro atoms. The molecule has 3 heteroatoms. The highest BCUT2D eigenvalue weighted by molar-refractivity contribution is 7.99. The van der Waals surface area contributed by atoms with E-state index in [0.717, 1.165) is 17.7 Å². The summed E-state index contributed by atoms with van der Waals surface area (Å²) < 4.78 is 5.69. The molecular weight excluding hydrogens is 268 g/mol. The van der Waals surface area contributed by atoms with E-state index in [1.165, 1.54) is 4.90 Å². The molecule has 0 heterocycles. The number of hydrogen-bond acceptors (Lipinski definition) is 3. The SMILES string of the molecule is CCCOc1ccccc1C(O)CSc1ccccc1. The molecule has 2 rings (SSSR count). The molecule has 1 atom stereocenters. The summed E-state index contributed by atoms with van der Waals surface area (Å²) in [7, 11) is 0. The number of aliphatic hydroxyl groups is 1. The lowest BCUT2D eigenvalue weighted by atomic mass is 10.1. The Bertz CT molecular complexity index is 513. The van der Waals surface area contributed by atoms with Crippen LogP contribution in [-0.4, -0.2) is 17.5 Å².